The first kappa shape index (κ1) is 20.0. The number of anilines is 2. The van der Waals surface area contributed by atoms with Gasteiger partial charge in [0.25, 0.3) is 15.9 Å². The van der Waals surface area contributed by atoms with Crippen molar-refractivity contribution >= 4 is 43.2 Å². The normalized spacial score (nSPS) is 11.1. The number of sulfonamides is 1. The molecule has 0 radical (unpaired) electrons. The van der Waals surface area contributed by atoms with E-state index in [0.717, 1.165) is 12.1 Å². The van der Waals surface area contributed by atoms with E-state index in [4.69, 9.17) is 0 Å². The van der Waals surface area contributed by atoms with Gasteiger partial charge in [0.05, 0.1) is 16.1 Å². The summed E-state index contributed by atoms with van der Waals surface area (Å²) in [5.74, 6) is -1.53. The predicted molar refractivity (Wildman–Crippen MR) is 106 cm³/mol. The fourth-order valence-corrected chi connectivity index (χ4v) is 3.94. The molecule has 0 heterocycles. The Balaban J connectivity index is 1.74. The summed E-state index contributed by atoms with van der Waals surface area (Å²) >= 11 is 3.12. The lowest BCUT2D eigenvalue weighted by Crippen LogP contribution is -2.14. The third-order valence-electron chi connectivity index (χ3n) is 3.68. The number of nitrogens with one attached hydrogen (secondary N) is 2. The zero-order chi connectivity index (χ0) is 20.3. The minimum absolute atomic E-state index is 0.0577. The second-order valence-corrected chi connectivity index (χ2v) is 8.26. The summed E-state index contributed by atoms with van der Waals surface area (Å²) in [4.78, 5) is 12.2. The lowest BCUT2D eigenvalue weighted by Gasteiger charge is -2.10. The number of carbonyl (C=O) groups excluding carboxylic acids is 1. The molecular weight excluding hydrogens is 454 g/mol. The van der Waals surface area contributed by atoms with Crippen molar-refractivity contribution in [3.05, 3.63) is 88.4 Å². The molecule has 5 nitrogen and oxygen atoms in total. The summed E-state index contributed by atoms with van der Waals surface area (Å²) in [6.45, 7) is 0. The van der Waals surface area contributed by atoms with Gasteiger partial charge >= 0.3 is 0 Å². The van der Waals surface area contributed by atoms with Crippen LogP contribution in [0.4, 0.5) is 20.2 Å². The van der Waals surface area contributed by atoms with Crippen molar-refractivity contribution in [2.75, 3.05) is 10.0 Å². The summed E-state index contributed by atoms with van der Waals surface area (Å²) < 4.78 is 53.7. The summed E-state index contributed by atoms with van der Waals surface area (Å²) in [7, 11) is -3.92. The highest BCUT2D eigenvalue weighted by atomic mass is 79.9. The second-order valence-electron chi connectivity index (χ2n) is 5.72. The van der Waals surface area contributed by atoms with Crippen LogP contribution in [0.3, 0.4) is 0 Å². The van der Waals surface area contributed by atoms with Crippen LogP contribution < -0.4 is 10.0 Å². The number of amides is 1. The smallest absolute Gasteiger partial charge is 0.261 e. The fourth-order valence-electron chi connectivity index (χ4n) is 2.36. The number of halogens is 3. The Bertz CT molecular complexity index is 1140. The van der Waals surface area contributed by atoms with Crippen LogP contribution in [0.1, 0.15) is 10.4 Å². The van der Waals surface area contributed by atoms with Crippen LogP contribution in [0.25, 0.3) is 0 Å². The molecule has 0 aliphatic heterocycles. The van der Waals surface area contributed by atoms with E-state index in [1.165, 1.54) is 54.6 Å². The Kier molecular flexibility index (Phi) is 5.76. The van der Waals surface area contributed by atoms with Crippen molar-refractivity contribution in [3.8, 4) is 0 Å². The van der Waals surface area contributed by atoms with Gasteiger partial charge < -0.3 is 5.32 Å². The molecule has 3 rings (SSSR count). The largest absolute Gasteiger partial charge is 0.322 e. The van der Waals surface area contributed by atoms with E-state index < -0.39 is 27.6 Å². The van der Waals surface area contributed by atoms with E-state index in [0.29, 0.717) is 10.2 Å². The van der Waals surface area contributed by atoms with Gasteiger partial charge in [-0.15, -0.1) is 0 Å². The first-order chi connectivity index (χ1) is 13.2. The van der Waals surface area contributed by atoms with E-state index in [2.05, 4.69) is 26.0 Å². The summed E-state index contributed by atoms with van der Waals surface area (Å²) in [5, 5.41) is 2.60. The maximum atomic E-state index is 13.2. The average molecular weight is 467 g/mol. The Morgan fingerprint density at radius 3 is 2.18 bits per heavy atom. The van der Waals surface area contributed by atoms with E-state index in [-0.39, 0.29) is 16.1 Å². The summed E-state index contributed by atoms with van der Waals surface area (Å²) in [5.41, 5.74) is 0.676. The molecule has 0 saturated heterocycles. The van der Waals surface area contributed by atoms with Crippen molar-refractivity contribution in [1.82, 2.24) is 0 Å². The molecule has 0 saturated carbocycles. The van der Waals surface area contributed by atoms with E-state index in [1.54, 1.807) is 0 Å². The second kappa shape index (κ2) is 8.07. The molecule has 2 N–H and O–H groups in total. The van der Waals surface area contributed by atoms with Crippen molar-refractivity contribution < 1.29 is 22.0 Å². The van der Waals surface area contributed by atoms with Gasteiger partial charge in [0, 0.05) is 10.2 Å². The van der Waals surface area contributed by atoms with Crippen molar-refractivity contribution in [2.24, 2.45) is 0 Å². The van der Waals surface area contributed by atoms with Gasteiger partial charge in [-0.1, -0.05) is 6.07 Å². The van der Waals surface area contributed by atoms with Crippen LogP contribution in [-0.2, 0) is 10.0 Å². The highest BCUT2D eigenvalue weighted by Gasteiger charge is 2.15. The van der Waals surface area contributed by atoms with Crippen molar-refractivity contribution in [1.29, 1.82) is 0 Å². The van der Waals surface area contributed by atoms with Gasteiger partial charge in [0.1, 0.15) is 11.6 Å². The molecule has 0 aliphatic rings. The topological polar surface area (TPSA) is 75.3 Å². The lowest BCUT2D eigenvalue weighted by molar-refractivity contribution is 0.102. The standard InChI is InChI=1S/C19H13BrF2N2O3S/c20-18-11-13(22)4-9-17(18)19(25)23-14-5-7-16(8-6-14)28(26,27)24-15-3-1-2-12(21)10-15/h1-11,24H,(H,23,25). The first-order valence-electron chi connectivity index (χ1n) is 7.89. The number of rotatable bonds is 5. The van der Waals surface area contributed by atoms with Crippen molar-refractivity contribution in [2.45, 2.75) is 4.90 Å². The molecule has 0 aliphatic carbocycles. The molecule has 3 aromatic rings. The molecule has 0 bridgehead atoms. The minimum Gasteiger partial charge on any atom is -0.322 e. The Hall–Kier alpha value is -2.78. The molecule has 28 heavy (non-hydrogen) atoms. The SMILES string of the molecule is O=C(Nc1ccc(S(=O)(=O)Nc2cccc(F)c2)cc1)c1ccc(F)cc1Br. The third kappa shape index (κ3) is 4.73. The highest BCUT2D eigenvalue weighted by molar-refractivity contribution is 9.10. The monoisotopic (exact) mass is 466 g/mol. The maximum Gasteiger partial charge on any atom is 0.261 e. The third-order valence-corrected chi connectivity index (χ3v) is 5.73. The van der Waals surface area contributed by atoms with Crippen LogP contribution in [0, 0.1) is 11.6 Å². The molecule has 3 aromatic carbocycles. The van der Waals surface area contributed by atoms with Gasteiger partial charge in [-0.2, -0.15) is 0 Å². The lowest BCUT2D eigenvalue weighted by atomic mass is 10.2. The number of hydrogen-bond acceptors (Lipinski definition) is 3. The average Bonchev–Trinajstić information content (AvgIpc) is 2.61. The fraction of sp³-hybridized carbons (Fsp3) is 0. The molecular formula is C19H13BrF2N2O3S. The molecule has 9 heteroatoms. The van der Waals surface area contributed by atoms with Gasteiger partial charge in [-0.05, 0) is 76.6 Å². The Morgan fingerprint density at radius 2 is 1.54 bits per heavy atom. The molecule has 144 valence electrons. The molecule has 1 amide bonds. The first-order valence-corrected chi connectivity index (χ1v) is 10.2. The predicted octanol–water partition coefficient (Wildman–Crippen LogP) is 4.78. The van der Waals surface area contributed by atoms with Crippen LogP contribution in [0.15, 0.2) is 76.1 Å². The number of benzene rings is 3. The maximum absolute atomic E-state index is 13.2. The molecule has 0 unspecified atom stereocenters. The van der Waals surface area contributed by atoms with E-state index in [1.807, 2.05) is 0 Å². The van der Waals surface area contributed by atoms with Crippen LogP contribution in [0.2, 0.25) is 0 Å². The molecule has 0 atom stereocenters. The number of carbonyl (C=O) groups is 1. The summed E-state index contributed by atoms with van der Waals surface area (Å²) in [6.07, 6.45) is 0. The van der Waals surface area contributed by atoms with E-state index >= 15 is 0 Å². The summed E-state index contributed by atoms with van der Waals surface area (Å²) in [6, 6.07) is 14.2. The van der Waals surface area contributed by atoms with Crippen LogP contribution in [0.5, 0.6) is 0 Å². The van der Waals surface area contributed by atoms with Gasteiger partial charge in [-0.25, -0.2) is 17.2 Å². The van der Waals surface area contributed by atoms with Crippen LogP contribution in [-0.4, -0.2) is 14.3 Å². The van der Waals surface area contributed by atoms with Gasteiger partial charge in [0.15, 0.2) is 0 Å². The zero-order valence-electron chi connectivity index (χ0n) is 14.1. The van der Waals surface area contributed by atoms with Crippen molar-refractivity contribution in [3.63, 3.8) is 0 Å². The van der Waals surface area contributed by atoms with Gasteiger partial charge in [-0.3, -0.25) is 9.52 Å². The quantitative estimate of drug-likeness (QED) is 0.567. The Morgan fingerprint density at radius 1 is 0.857 bits per heavy atom. The van der Waals surface area contributed by atoms with Crippen LogP contribution >= 0.6 is 15.9 Å². The highest BCUT2D eigenvalue weighted by Crippen LogP contribution is 2.22. The minimum atomic E-state index is -3.92. The van der Waals surface area contributed by atoms with Gasteiger partial charge in [0.2, 0.25) is 0 Å². The molecule has 0 spiro atoms. The number of hydrogen-bond donors (Lipinski definition) is 2. The molecule has 0 fully saturated rings. The van der Waals surface area contributed by atoms with E-state index in [9.17, 15) is 22.0 Å². The molecule has 0 aromatic heterocycles. The zero-order valence-corrected chi connectivity index (χ0v) is 16.5. The Labute approximate surface area is 168 Å².